The number of phosphoric acid groups is 2. The number of ether oxygens (including phenoxy) is 4. The molecule has 0 aliphatic heterocycles. The SMILES string of the molecule is CCCCCCCCCCCCCCCCCCCCCCCC(=O)OC[C@H](COP(=O)(O)OC[C@@H](O)COP(=O)(O)OC[C@@H](COC(=O)CCCCCCCCC)OC(=O)CCCCCCCCCCCCCCCCCC(C)C)OC(=O)CCCCCCCCCCCCCCCCCCCCC(C)CC. The van der Waals surface area contributed by atoms with Crippen LogP contribution in [0.1, 0.15) is 478 Å². The second-order valence-electron chi connectivity index (χ2n) is 32.7. The normalized spacial score (nSPS) is 14.0. The Kier molecular flexibility index (Phi) is 78.8. The maximum absolute atomic E-state index is 13.2. The van der Waals surface area contributed by atoms with Crippen molar-refractivity contribution in [2.24, 2.45) is 11.8 Å². The Hall–Kier alpha value is -1.94. The molecule has 0 rings (SSSR count). The molecule has 0 aliphatic carbocycles. The fourth-order valence-electron chi connectivity index (χ4n) is 13.9. The third-order valence-electron chi connectivity index (χ3n) is 21.3. The second-order valence-corrected chi connectivity index (χ2v) is 35.6. The predicted octanol–water partition coefficient (Wildman–Crippen LogP) is 27.4. The standard InChI is InChI=1S/C89H174O17P2/c1-7-10-12-14-16-17-18-19-20-21-22-23-24-28-33-38-43-48-54-60-66-72-87(92)100-78-85(106-89(94)74-67-61-55-49-44-39-34-29-26-25-27-32-37-42-47-53-58-64-70-82(6)9-3)80-104-108(97,98)102-76-83(90)75-101-107(95,96)103-79-84(77-99-86(91)71-65-59-51-15-13-11-8-2)105-88(93)73-68-62-56-50-45-40-35-30-31-36-41-46-52-57-63-69-81(4)5/h81-85,90H,7-80H2,1-6H3,(H,95,96)(H,97,98)/t82?,83-,84+,85+/m0/s1. The van der Waals surface area contributed by atoms with E-state index >= 15 is 0 Å². The van der Waals surface area contributed by atoms with Gasteiger partial charge in [0, 0.05) is 25.7 Å². The van der Waals surface area contributed by atoms with E-state index in [1.807, 2.05) is 0 Å². The maximum Gasteiger partial charge on any atom is 0.472 e. The minimum Gasteiger partial charge on any atom is -0.462 e. The first kappa shape index (κ1) is 106. The first-order chi connectivity index (χ1) is 52.4. The minimum atomic E-state index is -4.97. The van der Waals surface area contributed by atoms with Gasteiger partial charge in [-0.25, -0.2) is 9.13 Å². The van der Waals surface area contributed by atoms with Gasteiger partial charge in [0.05, 0.1) is 26.4 Å². The molecule has 17 nitrogen and oxygen atoms in total. The molecule has 0 bridgehead atoms. The van der Waals surface area contributed by atoms with E-state index in [-0.39, 0.29) is 25.7 Å². The summed E-state index contributed by atoms with van der Waals surface area (Å²) >= 11 is 0. The van der Waals surface area contributed by atoms with Gasteiger partial charge in [0.25, 0.3) is 0 Å². The number of rotatable bonds is 88. The van der Waals surface area contributed by atoms with Crippen molar-refractivity contribution in [3.8, 4) is 0 Å². The number of carbonyl (C=O) groups is 4. The number of hydrogen-bond acceptors (Lipinski definition) is 15. The molecule has 0 aliphatic rings. The van der Waals surface area contributed by atoms with Crippen LogP contribution in [0.25, 0.3) is 0 Å². The molecule has 108 heavy (non-hydrogen) atoms. The van der Waals surface area contributed by atoms with Crippen LogP contribution in [0.3, 0.4) is 0 Å². The minimum absolute atomic E-state index is 0.108. The number of unbranched alkanes of at least 4 members (excludes halogenated alkanes) is 57. The molecular weight excluding hydrogens is 1400 g/mol. The molecule has 0 saturated carbocycles. The van der Waals surface area contributed by atoms with E-state index in [1.165, 1.54) is 283 Å². The fraction of sp³-hybridized carbons (Fsp3) is 0.955. The lowest BCUT2D eigenvalue weighted by molar-refractivity contribution is -0.161. The van der Waals surface area contributed by atoms with Crippen LogP contribution in [0, 0.1) is 11.8 Å². The van der Waals surface area contributed by atoms with Gasteiger partial charge in [-0.05, 0) is 37.5 Å². The lowest BCUT2D eigenvalue weighted by Gasteiger charge is -2.21. The zero-order valence-electron chi connectivity index (χ0n) is 71.2. The Bertz CT molecular complexity index is 2070. The smallest absolute Gasteiger partial charge is 0.462 e. The van der Waals surface area contributed by atoms with Crippen molar-refractivity contribution in [3.05, 3.63) is 0 Å². The molecular formula is C89H174O17P2. The van der Waals surface area contributed by atoms with Crippen molar-refractivity contribution >= 4 is 39.5 Å². The van der Waals surface area contributed by atoms with E-state index in [4.69, 9.17) is 37.0 Å². The van der Waals surface area contributed by atoms with Gasteiger partial charge in [-0.2, -0.15) is 0 Å². The van der Waals surface area contributed by atoms with Crippen LogP contribution in [-0.2, 0) is 65.4 Å². The molecule has 0 aromatic carbocycles. The topological polar surface area (TPSA) is 237 Å². The first-order valence-electron chi connectivity index (χ1n) is 46.0. The molecule has 6 atom stereocenters. The van der Waals surface area contributed by atoms with Gasteiger partial charge >= 0.3 is 39.5 Å². The molecule has 0 spiro atoms. The van der Waals surface area contributed by atoms with E-state index in [1.54, 1.807) is 0 Å². The number of carbonyl (C=O) groups excluding carboxylic acids is 4. The van der Waals surface area contributed by atoms with Crippen LogP contribution < -0.4 is 0 Å². The number of aliphatic hydroxyl groups is 1. The maximum atomic E-state index is 13.2. The van der Waals surface area contributed by atoms with Crippen LogP contribution in [0.4, 0.5) is 0 Å². The van der Waals surface area contributed by atoms with Gasteiger partial charge < -0.3 is 33.8 Å². The Morgan fingerprint density at radius 2 is 0.472 bits per heavy atom. The van der Waals surface area contributed by atoms with Crippen LogP contribution in [0.15, 0.2) is 0 Å². The molecule has 3 unspecified atom stereocenters. The first-order valence-corrected chi connectivity index (χ1v) is 49.0. The Balaban J connectivity index is 5.15. The van der Waals surface area contributed by atoms with E-state index in [2.05, 4.69) is 41.5 Å². The second kappa shape index (κ2) is 80.3. The van der Waals surface area contributed by atoms with Crippen molar-refractivity contribution in [3.63, 3.8) is 0 Å². The van der Waals surface area contributed by atoms with Crippen molar-refractivity contribution in [2.75, 3.05) is 39.6 Å². The van der Waals surface area contributed by atoms with Crippen LogP contribution in [0.2, 0.25) is 0 Å². The lowest BCUT2D eigenvalue weighted by Crippen LogP contribution is -2.30. The highest BCUT2D eigenvalue weighted by Crippen LogP contribution is 2.45. The largest absolute Gasteiger partial charge is 0.472 e. The van der Waals surface area contributed by atoms with Crippen molar-refractivity contribution < 1.29 is 80.2 Å². The number of aliphatic hydroxyl groups excluding tert-OH is 1. The molecule has 0 aromatic heterocycles. The van der Waals surface area contributed by atoms with E-state index < -0.39 is 97.5 Å². The zero-order chi connectivity index (χ0) is 79.2. The predicted molar refractivity (Wildman–Crippen MR) is 446 cm³/mol. The van der Waals surface area contributed by atoms with Crippen LogP contribution in [0.5, 0.6) is 0 Å². The highest BCUT2D eigenvalue weighted by Gasteiger charge is 2.31. The molecule has 3 N–H and O–H groups in total. The van der Waals surface area contributed by atoms with Gasteiger partial charge in [0.1, 0.15) is 19.3 Å². The van der Waals surface area contributed by atoms with Crippen LogP contribution >= 0.6 is 15.6 Å². The number of esters is 4. The highest BCUT2D eigenvalue weighted by molar-refractivity contribution is 7.47. The van der Waals surface area contributed by atoms with Gasteiger partial charge in [0.2, 0.25) is 0 Å². The molecule has 19 heteroatoms. The Morgan fingerprint density at radius 3 is 0.704 bits per heavy atom. The van der Waals surface area contributed by atoms with E-state index in [9.17, 15) is 43.2 Å². The Morgan fingerprint density at radius 1 is 0.269 bits per heavy atom. The average Bonchev–Trinajstić information content (AvgIpc) is 0.901. The summed E-state index contributed by atoms with van der Waals surface area (Å²) in [4.78, 5) is 73.1. The third-order valence-corrected chi connectivity index (χ3v) is 23.2. The molecule has 0 saturated heterocycles. The quantitative estimate of drug-likeness (QED) is 0.0222. The summed E-state index contributed by atoms with van der Waals surface area (Å²) in [5, 5.41) is 10.7. The van der Waals surface area contributed by atoms with Crippen molar-refractivity contribution in [1.29, 1.82) is 0 Å². The summed E-state index contributed by atoms with van der Waals surface area (Å²) in [6.07, 6.45) is 73.9. The van der Waals surface area contributed by atoms with Crippen molar-refractivity contribution in [2.45, 2.75) is 496 Å². The summed E-state index contributed by atoms with van der Waals surface area (Å²) in [6, 6.07) is 0. The van der Waals surface area contributed by atoms with Gasteiger partial charge in [-0.1, -0.05) is 427 Å². The van der Waals surface area contributed by atoms with Gasteiger partial charge in [-0.3, -0.25) is 37.3 Å². The summed E-state index contributed by atoms with van der Waals surface area (Å²) in [5.74, 6) is -0.430. The third kappa shape index (κ3) is 80.7. The van der Waals surface area contributed by atoms with Crippen molar-refractivity contribution in [1.82, 2.24) is 0 Å². The molecule has 0 radical (unpaired) electrons. The Labute approximate surface area is 664 Å². The summed E-state index contributed by atoms with van der Waals surface area (Å²) in [5.41, 5.74) is 0. The number of hydrogen-bond donors (Lipinski definition) is 3. The molecule has 0 fully saturated rings. The fourth-order valence-corrected chi connectivity index (χ4v) is 15.5. The monoisotopic (exact) mass is 1580 g/mol. The average molecular weight is 1580 g/mol. The van der Waals surface area contributed by atoms with Gasteiger partial charge in [0.15, 0.2) is 12.2 Å². The summed E-state index contributed by atoms with van der Waals surface area (Å²) in [6.45, 7) is 9.73. The lowest BCUT2D eigenvalue weighted by atomic mass is 9.99. The summed E-state index contributed by atoms with van der Waals surface area (Å²) in [7, 11) is -9.93. The summed E-state index contributed by atoms with van der Waals surface area (Å²) < 4.78 is 68.8. The molecule has 0 heterocycles. The van der Waals surface area contributed by atoms with E-state index in [0.29, 0.717) is 25.7 Å². The highest BCUT2D eigenvalue weighted by atomic mass is 31.2. The molecule has 0 aromatic rings. The van der Waals surface area contributed by atoms with E-state index in [0.717, 1.165) is 115 Å². The van der Waals surface area contributed by atoms with Gasteiger partial charge in [-0.15, -0.1) is 0 Å². The molecule has 0 amide bonds. The van der Waals surface area contributed by atoms with Crippen LogP contribution in [-0.4, -0.2) is 96.7 Å². The number of phosphoric ester groups is 2. The zero-order valence-corrected chi connectivity index (χ0v) is 73.0. The molecule has 642 valence electrons.